The van der Waals surface area contributed by atoms with Gasteiger partial charge in [-0.25, -0.2) is 4.79 Å². The molecule has 0 spiro atoms. The number of aryl methyl sites for hydroxylation is 1. The molecule has 3 rings (SSSR count). The number of carbonyl (C=O) groups excluding carboxylic acids is 2. The maximum atomic E-state index is 12.3. The molecule has 0 radical (unpaired) electrons. The third-order valence-corrected chi connectivity index (χ3v) is 5.75. The highest BCUT2D eigenvalue weighted by Gasteiger charge is 2.26. The van der Waals surface area contributed by atoms with Crippen molar-refractivity contribution in [3.63, 3.8) is 0 Å². The van der Waals surface area contributed by atoms with Crippen molar-refractivity contribution in [2.24, 2.45) is 0 Å². The van der Waals surface area contributed by atoms with Crippen molar-refractivity contribution in [3.05, 3.63) is 50.9 Å². The van der Waals surface area contributed by atoms with Gasteiger partial charge in [0.1, 0.15) is 5.00 Å². The minimum absolute atomic E-state index is 0.124. The molecule has 1 aromatic carbocycles. The zero-order valence-corrected chi connectivity index (χ0v) is 16.4. The van der Waals surface area contributed by atoms with Crippen LogP contribution in [0, 0.1) is 0 Å². The Labute approximate surface area is 165 Å². The topological polar surface area (TPSA) is 67.4 Å². The molecule has 1 heterocycles. The van der Waals surface area contributed by atoms with Crippen molar-refractivity contribution in [1.82, 2.24) is 5.32 Å². The normalized spacial score (nSPS) is 12.8. The van der Waals surface area contributed by atoms with Crippen LogP contribution < -0.4 is 10.6 Å². The minimum Gasteiger partial charge on any atom is -0.465 e. The number of thiophene rings is 1. The first-order valence-electron chi connectivity index (χ1n) is 8.10. The second-order valence-electron chi connectivity index (χ2n) is 5.83. The Hall–Kier alpha value is -1.96. The monoisotopic (exact) mass is 408 g/mol. The van der Waals surface area contributed by atoms with Crippen LogP contribution in [0.3, 0.4) is 0 Å². The number of anilines is 1. The summed E-state index contributed by atoms with van der Waals surface area (Å²) in [5, 5.41) is 6.80. The molecule has 8 heteroatoms. The lowest BCUT2D eigenvalue weighted by molar-refractivity contribution is 0.0601. The molecule has 0 bridgehead atoms. The highest BCUT2D eigenvalue weighted by Crippen LogP contribution is 2.38. The fourth-order valence-corrected chi connectivity index (χ4v) is 4.64. The summed E-state index contributed by atoms with van der Waals surface area (Å²) in [6.07, 6.45) is 3.93. The summed E-state index contributed by atoms with van der Waals surface area (Å²) in [6, 6.07) is 6.58. The number of hydrogen-bond donors (Lipinski definition) is 2. The van der Waals surface area contributed by atoms with Crippen LogP contribution in [0.2, 0.25) is 5.02 Å². The van der Waals surface area contributed by atoms with Crippen molar-refractivity contribution in [2.75, 3.05) is 12.4 Å². The third-order valence-electron chi connectivity index (χ3n) is 4.10. The minimum atomic E-state index is -0.393. The molecule has 1 amide bonds. The lowest BCUT2D eigenvalue weighted by atomic mass is 9.95. The van der Waals surface area contributed by atoms with Gasteiger partial charge in [0.05, 0.1) is 12.7 Å². The lowest BCUT2D eigenvalue weighted by Gasteiger charge is -2.12. The van der Waals surface area contributed by atoms with Crippen LogP contribution in [0.1, 0.15) is 44.0 Å². The number of thiocarbonyl (C=S) groups is 1. The summed E-state index contributed by atoms with van der Waals surface area (Å²) in [7, 11) is 1.36. The molecular weight excluding hydrogens is 392 g/mol. The molecule has 2 aromatic rings. The highest BCUT2D eigenvalue weighted by molar-refractivity contribution is 7.80. The van der Waals surface area contributed by atoms with E-state index in [4.69, 9.17) is 28.6 Å². The van der Waals surface area contributed by atoms with Gasteiger partial charge in [-0.15, -0.1) is 11.3 Å². The molecule has 2 N–H and O–H groups in total. The highest BCUT2D eigenvalue weighted by atomic mass is 35.5. The smallest absolute Gasteiger partial charge is 0.341 e. The zero-order valence-electron chi connectivity index (χ0n) is 14.1. The van der Waals surface area contributed by atoms with Crippen LogP contribution in [0.4, 0.5) is 5.00 Å². The van der Waals surface area contributed by atoms with Gasteiger partial charge in [0.2, 0.25) is 0 Å². The quantitative estimate of drug-likeness (QED) is 0.588. The van der Waals surface area contributed by atoms with E-state index in [-0.39, 0.29) is 11.0 Å². The molecule has 0 saturated carbocycles. The van der Waals surface area contributed by atoms with Crippen LogP contribution in [0.15, 0.2) is 24.3 Å². The molecule has 136 valence electrons. The van der Waals surface area contributed by atoms with Gasteiger partial charge in [-0.2, -0.15) is 0 Å². The summed E-state index contributed by atoms with van der Waals surface area (Å²) < 4.78 is 4.93. The fourth-order valence-electron chi connectivity index (χ4n) is 2.91. The zero-order chi connectivity index (χ0) is 18.7. The van der Waals surface area contributed by atoms with E-state index in [0.717, 1.165) is 31.2 Å². The Kier molecular flexibility index (Phi) is 5.90. The molecule has 26 heavy (non-hydrogen) atoms. The summed E-state index contributed by atoms with van der Waals surface area (Å²) in [4.78, 5) is 25.7. The van der Waals surface area contributed by atoms with Gasteiger partial charge < -0.3 is 10.1 Å². The van der Waals surface area contributed by atoms with E-state index in [1.54, 1.807) is 24.3 Å². The van der Waals surface area contributed by atoms with E-state index >= 15 is 0 Å². The number of rotatable bonds is 3. The molecule has 0 unspecified atom stereocenters. The summed E-state index contributed by atoms with van der Waals surface area (Å²) >= 11 is 12.6. The molecule has 1 aromatic heterocycles. The predicted molar refractivity (Wildman–Crippen MR) is 107 cm³/mol. The Balaban J connectivity index is 1.78. The molecule has 0 atom stereocenters. The first-order valence-corrected chi connectivity index (χ1v) is 9.70. The lowest BCUT2D eigenvalue weighted by Crippen LogP contribution is -2.34. The number of carbonyl (C=O) groups is 2. The molecule has 0 aliphatic heterocycles. The van der Waals surface area contributed by atoms with E-state index in [1.807, 2.05) is 0 Å². The number of amides is 1. The number of hydrogen-bond acceptors (Lipinski definition) is 5. The van der Waals surface area contributed by atoms with Crippen LogP contribution in [-0.4, -0.2) is 24.1 Å². The van der Waals surface area contributed by atoms with E-state index < -0.39 is 5.97 Å². The summed E-state index contributed by atoms with van der Waals surface area (Å²) in [5.74, 6) is -0.762. The summed E-state index contributed by atoms with van der Waals surface area (Å²) in [6.45, 7) is 0. The van der Waals surface area contributed by atoms with E-state index in [1.165, 1.54) is 23.3 Å². The van der Waals surface area contributed by atoms with Crippen molar-refractivity contribution in [1.29, 1.82) is 0 Å². The van der Waals surface area contributed by atoms with Crippen LogP contribution >= 0.6 is 35.2 Å². The SMILES string of the molecule is COC(=O)c1c(NC(=S)NC(=O)c2cccc(Cl)c2)sc2c1CCCC2. The van der Waals surface area contributed by atoms with Gasteiger partial charge in [-0.1, -0.05) is 17.7 Å². The molecule has 1 aliphatic rings. The maximum absolute atomic E-state index is 12.3. The number of ether oxygens (including phenoxy) is 1. The number of fused-ring (bicyclic) bond motifs is 1. The van der Waals surface area contributed by atoms with Crippen molar-refractivity contribution in [3.8, 4) is 0 Å². The maximum Gasteiger partial charge on any atom is 0.341 e. The molecule has 0 fully saturated rings. The average Bonchev–Trinajstić information content (AvgIpc) is 2.98. The van der Waals surface area contributed by atoms with Crippen LogP contribution in [0.25, 0.3) is 0 Å². The third kappa shape index (κ3) is 4.06. The average molecular weight is 409 g/mol. The largest absolute Gasteiger partial charge is 0.465 e. The Morgan fingerprint density at radius 2 is 2.04 bits per heavy atom. The standard InChI is InChI=1S/C18H17ClN2O3S2/c1-24-17(23)14-12-7-2-3-8-13(12)26-16(14)21-18(25)20-15(22)10-5-4-6-11(19)9-10/h4-6,9H,2-3,7-8H2,1H3,(H2,20,21,22,25). The number of nitrogens with one attached hydrogen (secondary N) is 2. The van der Waals surface area contributed by atoms with E-state index in [0.29, 0.717) is 21.2 Å². The second kappa shape index (κ2) is 8.16. The predicted octanol–water partition coefficient (Wildman–Crippen LogP) is 4.19. The number of esters is 1. The van der Waals surface area contributed by atoms with Gasteiger partial charge in [0.25, 0.3) is 5.91 Å². The van der Waals surface area contributed by atoms with Crippen LogP contribution in [0.5, 0.6) is 0 Å². The fraction of sp³-hybridized carbons (Fsp3) is 0.278. The summed E-state index contributed by atoms with van der Waals surface area (Å²) in [5.41, 5.74) is 1.95. The van der Waals surface area contributed by atoms with Crippen LogP contribution in [-0.2, 0) is 17.6 Å². The first-order chi connectivity index (χ1) is 12.5. The van der Waals surface area contributed by atoms with Gasteiger partial charge in [-0.3, -0.25) is 10.1 Å². The van der Waals surface area contributed by atoms with E-state index in [2.05, 4.69) is 10.6 Å². The number of methoxy groups -OCH3 is 1. The molecule has 0 saturated heterocycles. The molecule has 1 aliphatic carbocycles. The molecule has 5 nitrogen and oxygen atoms in total. The van der Waals surface area contributed by atoms with Gasteiger partial charge in [-0.05, 0) is 61.7 Å². The van der Waals surface area contributed by atoms with Crippen molar-refractivity contribution >= 4 is 57.1 Å². The van der Waals surface area contributed by atoms with Gasteiger partial charge in [0, 0.05) is 15.5 Å². The molecular formula is C18H17ClN2O3S2. The Morgan fingerprint density at radius 1 is 1.27 bits per heavy atom. The number of halogens is 1. The first kappa shape index (κ1) is 18.8. The Bertz CT molecular complexity index is 879. The van der Waals surface area contributed by atoms with Gasteiger partial charge in [0.15, 0.2) is 5.11 Å². The van der Waals surface area contributed by atoms with E-state index in [9.17, 15) is 9.59 Å². The van der Waals surface area contributed by atoms with Crippen molar-refractivity contribution in [2.45, 2.75) is 25.7 Å². The second-order valence-corrected chi connectivity index (χ2v) is 7.78. The van der Waals surface area contributed by atoms with Gasteiger partial charge >= 0.3 is 5.97 Å². The Morgan fingerprint density at radius 3 is 2.77 bits per heavy atom. The number of benzene rings is 1. The van der Waals surface area contributed by atoms with Crippen molar-refractivity contribution < 1.29 is 14.3 Å².